The van der Waals surface area contributed by atoms with Crippen molar-refractivity contribution < 1.29 is 19.7 Å². The molecule has 0 radical (unpaired) electrons. The summed E-state index contributed by atoms with van der Waals surface area (Å²) in [5.74, 6) is 1.28. The van der Waals surface area contributed by atoms with Gasteiger partial charge in [-0.1, -0.05) is 13.8 Å². The van der Waals surface area contributed by atoms with Crippen LogP contribution < -0.4 is 9.47 Å². The van der Waals surface area contributed by atoms with Crippen LogP contribution in [0.3, 0.4) is 0 Å². The van der Waals surface area contributed by atoms with E-state index in [4.69, 9.17) is 9.47 Å². The largest absolute Gasteiger partial charge is 0.497 e. The van der Waals surface area contributed by atoms with Crippen molar-refractivity contribution in [3.05, 3.63) is 23.8 Å². The molecule has 18 heavy (non-hydrogen) atoms. The van der Waals surface area contributed by atoms with Gasteiger partial charge in [0.05, 0.1) is 19.3 Å². The van der Waals surface area contributed by atoms with Crippen molar-refractivity contribution in [1.82, 2.24) is 0 Å². The number of aliphatic hydroxyl groups excluding tert-OH is 1. The minimum atomic E-state index is -0.907. The fourth-order valence-corrected chi connectivity index (χ4v) is 1.32. The molecule has 4 heteroatoms. The molecular weight excluding hydrogens is 232 g/mol. The Labute approximate surface area is 108 Å². The molecule has 1 rings (SSSR count). The highest BCUT2D eigenvalue weighted by atomic mass is 16.5. The Morgan fingerprint density at radius 3 is 2.50 bits per heavy atom. The predicted molar refractivity (Wildman–Crippen MR) is 69.9 cm³/mol. The number of rotatable bonds is 6. The van der Waals surface area contributed by atoms with Gasteiger partial charge >= 0.3 is 0 Å². The van der Waals surface area contributed by atoms with E-state index in [0.717, 1.165) is 0 Å². The van der Waals surface area contributed by atoms with Gasteiger partial charge < -0.3 is 19.7 Å². The van der Waals surface area contributed by atoms with E-state index in [2.05, 4.69) is 0 Å². The smallest absolute Gasteiger partial charge is 0.128 e. The summed E-state index contributed by atoms with van der Waals surface area (Å²) < 4.78 is 10.7. The van der Waals surface area contributed by atoms with Gasteiger partial charge in [-0.2, -0.15) is 0 Å². The SMILES string of the molecule is COc1ccc(CO)c(OCC(C)(O)C(C)C)c1. The van der Waals surface area contributed by atoms with Crippen molar-refractivity contribution in [2.24, 2.45) is 5.92 Å². The van der Waals surface area contributed by atoms with Gasteiger partial charge in [-0.25, -0.2) is 0 Å². The van der Waals surface area contributed by atoms with Gasteiger partial charge in [-0.15, -0.1) is 0 Å². The average molecular weight is 254 g/mol. The quantitative estimate of drug-likeness (QED) is 0.815. The highest BCUT2D eigenvalue weighted by molar-refractivity contribution is 5.40. The van der Waals surface area contributed by atoms with Crippen molar-refractivity contribution in [3.63, 3.8) is 0 Å². The van der Waals surface area contributed by atoms with Crippen LogP contribution in [0.15, 0.2) is 18.2 Å². The molecule has 0 aromatic heterocycles. The first-order valence-corrected chi connectivity index (χ1v) is 6.03. The highest BCUT2D eigenvalue weighted by Gasteiger charge is 2.26. The summed E-state index contributed by atoms with van der Waals surface area (Å²) >= 11 is 0. The lowest BCUT2D eigenvalue weighted by Gasteiger charge is -2.28. The van der Waals surface area contributed by atoms with E-state index < -0.39 is 5.60 Å². The topological polar surface area (TPSA) is 58.9 Å². The molecule has 1 aromatic carbocycles. The predicted octanol–water partition coefficient (Wildman–Crippen LogP) is 1.97. The van der Waals surface area contributed by atoms with Crippen molar-refractivity contribution >= 4 is 0 Å². The van der Waals surface area contributed by atoms with Crippen molar-refractivity contribution in [3.8, 4) is 11.5 Å². The molecule has 0 spiro atoms. The fraction of sp³-hybridized carbons (Fsp3) is 0.571. The molecule has 0 saturated heterocycles. The molecule has 0 aliphatic heterocycles. The Balaban J connectivity index is 2.83. The number of ether oxygens (including phenoxy) is 2. The Morgan fingerprint density at radius 2 is 2.00 bits per heavy atom. The normalized spacial score (nSPS) is 14.4. The standard InChI is InChI=1S/C14H22O4/c1-10(2)14(3,16)9-18-13-7-12(17-4)6-5-11(13)8-15/h5-7,10,15-16H,8-9H2,1-4H3. The van der Waals surface area contributed by atoms with E-state index in [0.29, 0.717) is 17.1 Å². The molecule has 1 unspecified atom stereocenters. The number of hydrogen-bond acceptors (Lipinski definition) is 4. The maximum Gasteiger partial charge on any atom is 0.128 e. The van der Waals surface area contributed by atoms with E-state index in [-0.39, 0.29) is 19.1 Å². The molecule has 1 aromatic rings. The van der Waals surface area contributed by atoms with E-state index in [1.165, 1.54) is 0 Å². The summed E-state index contributed by atoms with van der Waals surface area (Å²) in [4.78, 5) is 0. The number of hydrogen-bond donors (Lipinski definition) is 2. The Bertz CT molecular complexity index is 385. The fourth-order valence-electron chi connectivity index (χ4n) is 1.32. The molecule has 0 bridgehead atoms. The Hall–Kier alpha value is -1.26. The highest BCUT2D eigenvalue weighted by Crippen LogP contribution is 2.26. The monoisotopic (exact) mass is 254 g/mol. The van der Waals surface area contributed by atoms with Gasteiger partial charge in [0.15, 0.2) is 0 Å². The molecule has 0 aliphatic carbocycles. The van der Waals surface area contributed by atoms with E-state index in [1.807, 2.05) is 13.8 Å². The first-order valence-electron chi connectivity index (χ1n) is 6.03. The Kier molecular flexibility index (Phi) is 4.99. The zero-order chi connectivity index (χ0) is 13.8. The molecule has 0 heterocycles. The summed E-state index contributed by atoms with van der Waals surface area (Å²) in [6, 6.07) is 5.22. The van der Waals surface area contributed by atoms with Gasteiger partial charge in [0.25, 0.3) is 0 Å². The first kappa shape index (κ1) is 14.8. The van der Waals surface area contributed by atoms with Crippen LogP contribution >= 0.6 is 0 Å². The first-order chi connectivity index (χ1) is 8.40. The molecule has 0 saturated carbocycles. The van der Waals surface area contributed by atoms with Crippen molar-refractivity contribution in [1.29, 1.82) is 0 Å². The van der Waals surface area contributed by atoms with Crippen LogP contribution in [-0.2, 0) is 6.61 Å². The van der Waals surface area contributed by atoms with Crippen molar-refractivity contribution in [2.45, 2.75) is 33.0 Å². The van der Waals surface area contributed by atoms with Gasteiger partial charge in [-0.05, 0) is 25.0 Å². The van der Waals surface area contributed by atoms with E-state index in [1.54, 1.807) is 32.2 Å². The maximum atomic E-state index is 10.1. The number of benzene rings is 1. The third-order valence-corrected chi connectivity index (χ3v) is 3.21. The zero-order valence-electron chi connectivity index (χ0n) is 11.4. The maximum absolute atomic E-state index is 10.1. The minimum Gasteiger partial charge on any atom is -0.497 e. The molecule has 0 amide bonds. The summed E-state index contributed by atoms with van der Waals surface area (Å²) in [7, 11) is 1.57. The summed E-state index contributed by atoms with van der Waals surface area (Å²) in [6.07, 6.45) is 0. The zero-order valence-corrected chi connectivity index (χ0v) is 11.4. The van der Waals surface area contributed by atoms with Crippen LogP contribution in [-0.4, -0.2) is 29.5 Å². The second-order valence-corrected chi connectivity index (χ2v) is 4.93. The molecule has 2 N–H and O–H groups in total. The lowest BCUT2D eigenvalue weighted by atomic mass is 9.94. The third kappa shape index (κ3) is 3.62. The molecule has 102 valence electrons. The molecule has 1 atom stereocenters. The van der Waals surface area contributed by atoms with Gasteiger partial charge in [-0.3, -0.25) is 0 Å². The van der Waals surface area contributed by atoms with Crippen LogP contribution in [0.4, 0.5) is 0 Å². The molecular formula is C14H22O4. The second-order valence-electron chi connectivity index (χ2n) is 4.93. The number of aliphatic hydroxyl groups is 2. The summed E-state index contributed by atoms with van der Waals surface area (Å²) in [6.45, 7) is 5.66. The van der Waals surface area contributed by atoms with Crippen LogP contribution in [0.5, 0.6) is 11.5 Å². The summed E-state index contributed by atoms with van der Waals surface area (Å²) in [5.41, 5.74) is -0.231. The van der Waals surface area contributed by atoms with Gasteiger partial charge in [0.2, 0.25) is 0 Å². The molecule has 0 aliphatic rings. The van der Waals surface area contributed by atoms with E-state index >= 15 is 0 Å². The van der Waals surface area contributed by atoms with E-state index in [9.17, 15) is 10.2 Å². The van der Waals surface area contributed by atoms with Crippen LogP contribution in [0.1, 0.15) is 26.3 Å². The van der Waals surface area contributed by atoms with Gasteiger partial charge in [0, 0.05) is 11.6 Å². The molecule has 4 nitrogen and oxygen atoms in total. The lowest BCUT2D eigenvalue weighted by Crippen LogP contribution is -2.37. The minimum absolute atomic E-state index is 0.0840. The van der Waals surface area contributed by atoms with Gasteiger partial charge in [0.1, 0.15) is 18.1 Å². The molecule has 0 fully saturated rings. The number of methoxy groups -OCH3 is 1. The van der Waals surface area contributed by atoms with Crippen LogP contribution in [0.25, 0.3) is 0 Å². The lowest BCUT2D eigenvalue weighted by molar-refractivity contribution is -0.0271. The van der Waals surface area contributed by atoms with Crippen LogP contribution in [0.2, 0.25) is 0 Å². The summed E-state index contributed by atoms with van der Waals surface area (Å²) in [5, 5.41) is 19.4. The second kappa shape index (κ2) is 6.07. The van der Waals surface area contributed by atoms with Crippen molar-refractivity contribution in [2.75, 3.05) is 13.7 Å². The average Bonchev–Trinajstić information content (AvgIpc) is 2.35. The third-order valence-electron chi connectivity index (χ3n) is 3.21. The Morgan fingerprint density at radius 1 is 1.33 bits per heavy atom. The van der Waals surface area contributed by atoms with Crippen LogP contribution in [0, 0.1) is 5.92 Å².